The standard InChI is InChI=1S/C16H14N2O3/c1-10-8-14(13-5-3-4-6-15(13)17-10)16(19)20-9-12-7-11(2)18-21-12/h3-8H,9H2,1-2H3. The summed E-state index contributed by atoms with van der Waals surface area (Å²) in [6, 6.07) is 11.0. The molecule has 0 fully saturated rings. The summed E-state index contributed by atoms with van der Waals surface area (Å²) in [6.07, 6.45) is 0. The van der Waals surface area contributed by atoms with E-state index < -0.39 is 5.97 Å². The summed E-state index contributed by atoms with van der Waals surface area (Å²) < 4.78 is 10.3. The van der Waals surface area contributed by atoms with E-state index in [2.05, 4.69) is 10.1 Å². The Labute approximate surface area is 121 Å². The summed E-state index contributed by atoms with van der Waals surface area (Å²) in [4.78, 5) is 16.7. The number of benzene rings is 1. The Morgan fingerprint density at radius 3 is 2.76 bits per heavy atom. The molecule has 3 aromatic rings. The average molecular weight is 282 g/mol. The first-order chi connectivity index (χ1) is 10.1. The largest absolute Gasteiger partial charge is 0.454 e. The summed E-state index contributed by atoms with van der Waals surface area (Å²) in [5.74, 6) is 0.127. The van der Waals surface area contributed by atoms with Gasteiger partial charge in [0.25, 0.3) is 0 Å². The van der Waals surface area contributed by atoms with E-state index >= 15 is 0 Å². The number of aromatic nitrogens is 2. The van der Waals surface area contributed by atoms with Gasteiger partial charge in [0.05, 0.1) is 16.8 Å². The van der Waals surface area contributed by atoms with Gasteiger partial charge >= 0.3 is 5.97 Å². The molecule has 0 saturated heterocycles. The molecule has 0 aliphatic carbocycles. The zero-order valence-electron chi connectivity index (χ0n) is 11.8. The molecule has 0 radical (unpaired) electrons. The minimum Gasteiger partial charge on any atom is -0.454 e. The van der Waals surface area contributed by atoms with E-state index in [1.54, 1.807) is 12.1 Å². The van der Waals surface area contributed by atoms with Crippen molar-refractivity contribution in [2.45, 2.75) is 20.5 Å². The van der Waals surface area contributed by atoms with Crippen molar-refractivity contribution in [3.63, 3.8) is 0 Å². The van der Waals surface area contributed by atoms with Crippen LogP contribution in [0.15, 0.2) is 40.9 Å². The van der Waals surface area contributed by atoms with Crippen molar-refractivity contribution in [3.8, 4) is 0 Å². The molecule has 5 nitrogen and oxygen atoms in total. The average Bonchev–Trinajstić information content (AvgIpc) is 2.89. The van der Waals surface area contributed by atoms with Crippen LogP contribution in [0.1, 0.15) is 27.5 Å². The second-order valence-electron chi connectivity index (χ2n) is 4.84. The maximum Gasteiger partial charge on any atom is 0.339 e. The summed E-state index contributed by atoms with van der Waals surface area (Å²) in [7, 11) is 0. The maximum absolute atomic E-state index is 12.3. The van der Waals surface area contributed by atoms with Crippen LogP contribution in [0.5, 0.6) is 0 Å². The Balaban J connectivity index is 1.87. The first-order valence-electron chi connectivity index (χ1n) is 6.59. The Bertz CT molecular complexity index is 808. The third-order valence-electron chi connectivity index (χ3n) is 3.09. The number of rotatable bonds is 3. The zero-order chi connectivity index (χ0) is 14.8. The Hall–Kier alpha value is -2.69. The number of carbonyl (C=O) groups excluding carboxylic acids is 1. The molecule has 21 heavy (non-hydrogen) atoms. The van der Waals surface area contributed by atoms with Crippen molar-refractivity contribution in [3.05, 3.63) is 59.1 Å². The number of pyridine rings is 1. The van der Waals surface area contributed by atoms with Crippen molar-refractivity contribution >= 4 is 16.9 Å². The van der Waals surface area contributed by atoms with Crippen LogP contribution in [-0.2, 0) is 11.3 Å². The predicted octanol–water partition coefficient (Wildman–Crippen LogP) is 3.20. The highest BCUT2D eigenvalue weighted by Gasteiger charge is 2.14. The lowest BCUT2D eigenvalue weighted by Gasteiger charge is -2.07. The van der Waals surface area contributed by atoms with Crippen LogP contribution < -0.4 is 0 Å². The van der Waals surface area contributed by atoms with E-state index in [1.165, 1.54) is 0 Å². The second-order valence-corrected chi connectivity index (χ2v) is 4.84. The van der Waals surface area contributed by atoms with E-state index in [9.17, 15) is 4.79 Å². The van der Waals surface area contributed by atoms with Crippen LogP contribution in [0.3, 0.4) is 0 Å². The minimum absolute atomic E-state index is 0.0649. The molecule has 0 saturated carbocycles. The number of hydrogen-bond acceptors (Lipinski definition) is 5. The molecular formula is C16H14N2O3. The van der Waals surface area contributed by atoms with Crippen LogP contribution in [0.25, 0.3) is 10.9 Å². The molecular weight excluding hydrogens is 268 g/mol. The number of esters is 1. The van der Waals surface area contributed by atoms with Crippen LogP contribution >= 0.6 is 0 Å². The van der Waals surface area contributed by atoms with Crippen molar-refractivity contribution in [1.29, 1.82) is 0 Å². The SMILES string of the molecule is Cc1cc(COC(=O)c2cc(C)nc3ccccc23)on1. The van der Waals surface area contributed by atoms with Crippen molar-refractivity contribution in [2.24, 2.45) is 0 Å². The van der Waals surface area contributed by atoms with Gasteiger partial charge in [-0.05, 0) is 26.0 Å². The fraction of sp³-hybridized carbons (Fsp3) is 0.188. The highest BCUT2D eigenvalue weighted by molar-refractivity contribution is 6.03. The van der Waals surface area contributed by atoms with Gasteiger partial charge in [-0.15, -0.1) is 0 Å². The quantitative estimate of drug-likeness (QED) is 0.690. The van der Waals surface area contributed by atoms with Gasteiger partial charge in [-0.3, -0.25) is 4.98 Å². The fourth-order valence-electron chi connectivity index (χ4n) is 2.18. The van der Waals surface area contributed by atoms with Gasteiger partial charge in [0.2, 0.25) is 0 Å². The Morgan fingerprint density at radius 2 is 2.00 bits per heavy atom. The van der Waals surface area contributed by atoms with Gasteiger partial charge in [-0.2, -0.15) is 0 Å². The van der Waals surface area contributed by atoms with Gasteiger partial charge in [0, 0.05) is 17.1 Å². The molecule has 2 aromatic heterocycles. The number of hydrogen-bond donors (Lipinski definition) is 0. The molecule has 5 heteroatoms. The lowest BCUT2D eigenvalue weighted by atomic mass is 10.1. The molecule has 0 aliphatic rings. The van der Waals surface area contributed by atoms with Gasteiger partial charge in [0.1, 0.15) is 0 Å². The fourth-order valence-corrected chi connectivity index (χ4v) is 2.18. The summed E-state index contributed by atoms with van der Waals surface area (Å²) in [6.45, 7) is 3.73. The van der Waals surface area contributed by atoms with Crippen LogP contribution in [0.2, 0.25) is 0 Å². The van der Waals surface area contributed by atoms with E-state index in [4.69, 9.17) is 9.26 Å². The third kappa shape index (κ3) is 2.76. The monoisotopic (exact) mass is 282 g/mol. The molecule has 0 unspecified atom stereocenters. The smallest absolute Gasteiger partial charge is 0.339 e. The highest BCUT2D eigenvalue weighted by atomic mass is 16.5. The van der Waals surface area contributed by atoms with Gasteiger partial charge in [0.15, 0.2) is 12.4 Å². The summed E-state index contributed by atoms with van der Waals surface area (Å²) in [5, 5.41) is 4.53. The molecule has 1 aromatic carbocycles. The molecule has 0 amide bonds. The maximum atomic E-state index is 12.3. The minimum atomic E-state index is -0.397. The third-order valence-corrected chi connectivity index (χ3v) is 3.09. The highest BCUT2D eigenvalue weighted by Crippen LogP contribution is 2.19. The second kappa shape index (κ2) is 5.36. The van der Waals surface area contributed by atoms with Crippen LogP contribution in [-0.4, -0.2) is 16.1 Å². The van der Waals surface area contributed by atoms with Crippen LogP contribution in [0, 0.1) is 13.8 Å². The summed E-state index contributed by atoms with van der Waals surface area (Å²) in [5.41, 5.74) is 2.82. The Morgan fingerprint density at radius 1 is 1.19 bits per heavy atom. The van der Waals surface area contributed by atoms with Crippen LogP contribution in [0.4, 0.5) is 0 Å². The number of aryl methyl sites for hydroxylation is 2. The first kappa shape index (κ1) is 13.3. The topological polar surface area (TPSA) is 65.2 Å². The normalized spacial score (nSPS) is 10.8. The van der Waals surface area contributed by atoms with Crippen molar-refractivity contribution < 1.29 is 14.1 Å². The van der Waals surface area contributed by atoms with Gasteiger partial charge in [-0.1, -0.05) is 23.4 Å². The summed E-state index contributed by atoms with van der Waals surface area (Å²) >= 11 is 0. The first-order valence-corrected chi connectivity index (χ1v) is 6.59. The predicted molar refractivity (Wildman–Crippen MR) is 76.8 cm³/mol. The molecule has 0 atom stereocenters. The van der Waals surface area contributed by atoms with E-state index in [1.807, 2.05) is 38.1 Å². The molecule has 2 heterocycles. The number of fused-ring (bicyclic) bond motifs is 1. The number of para-hydroxylation sites is 1. The van der Waals surface area contributed by atoms with Crippen molar-refractivity contribution in [1.82, 2.24) is 10.1 Å². The molecule has 106 valence electrons. The Kier molecular flexibility index (Phi) is 3.39. The van der Waals surface area contributed by atoms with E-state index in [-0.39, 0.29) is 6.61 Å². The van der Waals surface area contributed by atoms with Crippen molar-refractivity contribution in [2.75, 3.05) is 0 Å². The number of carbonyl (C=O) groups is 1. The molecule has 3 rings (SSSR count). The molecule has 0 aliphatic heterocycles. The van der Waals surface area contributed by atoms with Gasteiger partial charge < -0.3 is 9.26 Å². The lowest BCUT2D eigenvalue weighted by molar-refractivity contribution is 0.0439. The number of nitrogens with zero attached hydrogens (tertiary/aromatic N) is 2. The molecule has 0 N–H and O–H groups in total. The molecule has 0 bridgehead atoms. The lowest BCUT2D eigenvalue weighted by Crippen LogP contribution is -2.07. The molecule has 0 spiro atoms. The van der Waals surface area contributed by atoms with E-state index in [0.29, 0.717) is 11.3 Å². The number of ether oxygens (including phenoxy) is 1. The van der Waals surface area contributed by atoms with Gasteiger partial charge in [-0.25, -0.2) is 4.79 Å². The zero-order valence-corrected chi connectivity index (χ0v) is 11.8. The van der Waals surface area contributed by atoms with E-state index in [0.717, 1.165) is 22.3 Å².